The molecule has 2 aliphatic heterocycles. The van der Waals surface area contributed by atoms with Crippen LogP contribution in [-0.2, 0) is 23.7 Å². The fraction of sp³-hybridized carbons (Fsp3) is 0.577. The summed E-state index contributed by atoms with van der Waals surface area (Å²) in [7, 11) is 3.00. The van der Waals surface area contributed by atoms with Crippen molar-refractivity contribution in [3.05, 3.63) is 42.2 Å². The molecule has 210 valence electrons. The van der Waals surface area contributed by atoms with Crippen molar-refractivity contribution in [2.24, 2.45) is 11.8 Å². The number of methoxy groups -OCH3 is 2. The molecule has 38 heavy (non-hydrogen) atoms. The van der Waals surface area contributed by atoms with Crippen LogP contribution in [0.1, 0.15) is 18.9 Å². The zero-order valence-electron chi connectivity index (χ0n) is 21.2. The van der Waals surface area contributed by atoms with Crippen LogP contribution in [-0.4, -0.2) is 101 Å². The number of esters is 1. The van der Waals surface area contributed by atoms with Gasteiger partial charge in [-0.3, -0.25) is 0 Å². The standard InChI is InChI=1S/C26H34O12/c1-26(32)11-15(27)14-8-9-35-24(20(14)26)38-25-23(31)22(30)21(29)18(37-25)12-36-19(28)7-5-13-4-6-16(33-2)17(10-13)34-3/h4-10,14-15,18,20-25,27,29-32H,11-12H2,1-3H3/t14-,15+,18-,20+,21-,22+,23-,24-,25+,26-/m1/s1. The first-order valence-corrected chi connectivity index (χ1v) is 12.2. The minimum atomic E-state index is -1.68. The maximum atomic E-state index is 12.3. The molecule has 12 heteroatoms. The summed E-state index contributed by atoms with van der Waals surface area (Å²) in [4.78, 5) is 12.3. The van der Waals surface area contributed by atoms with Crippen LogP contribution in [0.2, 0.25) is 0 Å². The van der Waals surface area contributed by atoms with E-state index >= 15 is 0 Å². The van der Waals surface area contributed by atoms with Crippen LogP contribution in [0.4, 0.5) is 0 Å². The number of benzene rings is 1. The zero-order chi connectivity index (χ0) is 27.6. The van der Waals surface area contributed by atoms with E-state index in [0.29, 0.717) is 17.1 Å². The smallest absolute Gasteiger partial charge is 0.330 e. The number of aliphatic hydroxyl groups excluding tert-OH is 4. The van der Waals surface area contributed by atoms with Gasteiger partial charge in [-0.25, -0.2) is 4.79 Å². The molecule has 0 bridgehead atoms. The number of carbonyl (C=O) groups excluding carboxylic acids is 1. The molecule has 2 fully saturated rings. The van der Waals surface area contributed by atoms with Gasteiger partial charge in [-0.1, -0.05) is 6.07 Å². The predicted molar refractivity (Wildman–Crippen MR) is 130 cm³/mol. The highest BCUT2D eigenvalue weighted by Gasteiger charge is 2.56. The monoisotopic (exact) mass is 538 g/mol. The Kier molecular flexibility index (Phi) is 8.62. The second-order valence-corrected chi connectivity index (χ2v) is 9.79. The summed E-state index contributed by atoms with van der Waals surface area (Å²) in [6.45, 7) is 1.10. The van der Waals surface area contributed by atoms with E-state index in [4.69, 9.17) is 28.4 Å². The van der Waals surface area contributed by atoms with E-state index in [2.05, 4.69) is 0 Å². The van der Waals surface area contributed by atoms with Gasteiger partial charge in [0, 0.05) is 18.4 Å². The van der Waals surface area contributed by atoms with Crippen LogP contribution < -0.4 is 9.47 Å². The number of carbonyl (C=O) groups is 1. The topological polar surface area (TPSA) is 174 Å². The molecule has 1 aromatic carbocycles. The quantitative estimate of drug-likeness (QED) is 0.216. The molecule has 1 aromatic rings. The summed E-state index contributed by atoms with van der Waals surface area (Å²) in [6, 6.07) is 5.07. The van der Waals surface area contributed by atoms with Gasteiger partial charge in [0.05, 0.1) is 38.1 Å². The molecule has 10 atom stereocenters. The lowest BCUT2D eigenvalue weighted by molar-refractivity contribution is -0.346. The molecule has 0 unspecified atom stereocenters. The Balaban J connectivity index is 1.37. The molecule has 12 nitrogen and oxygen atoms in total. The number of ether oxygens (including phenoxy) is 6. The Morgan fingerprint density at radius 2 is 1.82 bits per heavy atom. The lowest BCUT2D eigenvalue weighted by Gasteiger charge is -2.43. The maximum Gasteiger partial charge on any atom is 0.330 e. The molecule has 0 radical (unpaired) electrons. The molecular weight excluding hydrogens is 504 g/mol. The van der Waals surface area contributed by atoms with Gasteiger partial charge in [0.15, 0.2) is 17.8 Å². The third kappa shape index (κ3) is 5.81. The minimum absolute atomic E-state index is 0.0979. The summed E-state index contributed by atoms with van der Waals surface area (Å²) in [6.07, 6.45) is -3.83. The molecule has 5 N–H and O–H groups in total. The molecule has 0 spiro atoms. The Morgan fingerprint density at radius 1 is 1.08 bits per heavy atom. The largest absolute Gasteiger partial charge is 0.493 e. The first-order valence-electron chi connectivity index (χ1n) is 12.2. The lowest BCUT2D eigenvalue weighted by atomic mass is 9.85. The van der Waals surface area contributed by atoms with E-state index in [1.165, 1.54) is 32.6 Å². The third-order valence-electron chi connectivity index (χ3n) is 7.15. The second kappa shape index (κ2) is 11.6. The summed E-state index contributed by atoms with van der Waals surface area (Å²) in [5.41, 5.74) is -0.680. The predicted octanol–water partition coefficient (Wildman–Crippen LogP) is -0.298. The van der Waals surface area contributed by atoms with Crippen molar-refractivity contribution in [3.8, 4) is 11.5 Å². The van der Waals surface area contributed by atoms with E-state index in [1.54, 1.807) is 31.2 Å². The van der Waals surface area contributed by atoms with Crippen LogP contribution in [0.3, 0.4) is 0 Å². The van der Waals surface area contributed by atoms with Gasteiger partial charge in [0.1, 0.15) is 31.0 Å². The Morgan fingerprint density at radius 3 is 2.53 bits per heavy atom. The number of aliphatic hydroxyl groups is 5. The highest BCUT2D eigenvalue weighted by molar-refractivity contribution is 5.87. The van der Waals surface area contributed by atoms with E-state index in [9.17, 15) is 30.3 Å². The molecule has 0 amide bonds. The normalized spacial score (nSPS) is 38.5. The van der Waals surface area contributed by atoms with Crippen molar-refractivity contribution in [1.29, 1.82) is 0 Å². The van der Waals surface area contributed by atoms with E-state index in [1.807, 2.05) is 0 Å². The lowest BCUT2D eigenvalue weighted by Crippen LogP contribution is -2.61. The van der Waals surface area contributed by atoms with E-state index in [-0.39, 0.29) is 6.42 Å². The minimum Gasteiger partial charge on any atom is -0.493 e. The average Bonchev–Trinajstić information content (AvgIpc) is 3.15. The van der Waals surface area contributed by atoms with Crippen LogP contribution in [0.25, 0.3) is 6.08 Å². The van der Waals surface area contributed by atoms with Gasteiger partial charge < -0.3 is 54.0 Å². The first-order chi connectivity index (χ1) is 18.1. The van der Waals surface area contributed by atoms with Crippen LogP contribution in [0, 0.1) is 11.8 Å². The summed E-state index contributed by atoms with van der Waals surface area (Å²) in [5, 5.41) is 52.3. The molecule has 3 aliphatic rings. The van der Waals surface area contributed by atoms with Crippen molar-refractivity contribution in [2.45, 2.75) is 62.0 Å². The summed E-state index contributed by atoms with van der Waals surface area (Å²) < 4.78 is 32.5. The van der Waals surface area contributed by atoms with E-state index in [0.717, 1.165) is 0 Å². The maximum absolute atomic E-state index is 12.3. The fourth-order valence-corrected chi connectivity index (χ4v) is 5.12. The van der Waals surface area contributed by atoms with Crippen molar-refractivity contribution in [3.63, 3.8) is 0 Å². The van der Waals surface area contributed by atoms with Gasteiger partial charge in [-0.2, -0.15) is 0 Å². The van der Waals surface area contributed by atoms with Gasteiger partial charge >= 0.3 is 5.97 Å². The van der Waals surface area contributed by atoms with Gasteiger partial charge in [-0.15, -0.1) is 0 Å². The van der Waals surface area contributed by atoms with Gasteiger partial charge in [0.2, 0.25) is 6.29 Å². The average molecular weight is 539 g/mol. The SMILES string of the molecule is COc1ccc(C=CC(=O)OC[C@H]2O[C@@H](O[C@H]3OC=C[C@H]4[C@@H]3[C@](C)(O)C[C@@H]4O)[C@H](O)[C@@H](O)[C@@H]2O)cc1OC. The second-order valence-electron chi connectivity index (χ2n) is 9.79. The number of rotatable bonds is 8. The fourth-order valence-electron chi connectivity index (χ4n) is 5.12. The van der Waals surface area contributed by atoms with Crippen molar-refractivity contribution >= 4 is 12.0 Å². The molecule has 0 aromatic heterocycles. The summed E-state index contributed by atoms with van der Waals surface area (Å²) >= 11 is 0. The molecular formula is C26H34O12. The highest BCUT2D eigenvalue weighted by Crippen LogP contribution is 2.46. The van der Waals surface area contributed by atoms with Crippen LogP contribution in [0.15, 0.2) is 36.6 Å². The molecule has 1 saturated heterocycles. The molecule has 1 saturated carbocycles. The Hall–Kier alpha value is -2.71. The Bertz CT molecular complexity index is 1040. The number of hydrogen-bond acceptors (Lipinski definition) is 12. The van der Waals surface area contributed by atoms with Crippen LogP contribution >= 0.6 is 0 Å². The molecule has 1 aliphatic carbocycles. The number of fused-ring (bicyclic) bond motifs is 1. The van der Waals surface area contributed by atoms with Crippen molar-refractivity contribution in [2.75, 3.05) is 20.8 Å². The summed E-state index contributed by atoms with van der Waals surface area (Å²) in [5.74, 6) is -0.855. The Labute approximate surface area is 219 Å². The van der Waals surface area contributed by atoms with E-state index < -0.39 is 73.1 Å². The van der Waals surface area contributed by atoms with Crippen molar-refractivity contribution in [1.82, 2.24) is 0 Å². The van der Waals surface area contributed by atoms with Gasteiger partial charge in [-0.05, 0) is 36.8 Å². The van der Waals surface area contributed by atoms with Crippen molar-refractivity contribution < 1.29 is 58.7 Å². The molecule has 2 heterocycles. The molecule has 4 rings (SSSR count). The zero-order valence-corrected chi connectivity index (χ0v) is 21.2. The van der Waals surface area contributed by atoms with Crippen LogP contribution in [0.5, 0.6) is 11.5 Å². The number of hydrogen-bond donors (Lipinski definition) is 5. The van der Waals surface area contributed by atoms with Gasteiger partial charge in [0.25, 0.3) is 0 Å². The highest BCUT2D eigenvalue weighted by atomic mass is 16.8. The first kappa shape index (κ1) is 28.3. The third-order valence-corrected chi connectivity index (χ3v) is 7.15.